The van der Waals surface area contributed by atoms with E-state index in [1.165, 1.54) is 0 Å². The zero-order chi connectivity index (χ0) is 16.3. The monoisotopic (exact) mass is 294 g/mol. The summed E-state index contributed by atoms with van der Waals surface area (Å²) < 4.78 is 6.97. The van der Waals surface area contributed by atoms with E-state index in [4.69, 9.17) is 4.74 Å². The molecule has 0 radical (unpaired) electrons. The topological polar surface area (TPSA) is 55.0 Å². The lowest BCUT2D eigenvalue weighted by molar-refractivity contribution is 0.0516. The molecule has 0 fully saturated rings. The quantitative estimate of drug-likeness (QED) is 0.635. The highest BCUT2D eigenvalue weighted by atomic mass is 16.5. The molecule has 0 N–H and O–H groups in total. The molecular weight excluding hydrogens is 275 g/mol. The highest BCUT2D eigenvalue weighted by Gasteiger charge is 2.26. The minimum absolute atomic E-state index is 0.306. The fourth-order valence-electron chi connectivity index (χ4n) is 2.71. The summed E-state index contributed by atoms with van der Waals surface area (Å²) in [7, 11) is 3.81. The predicted molar refractivity (Wildman–Crippen MR) is 89.1 cm³/mol. The minimum atomic E-state index is -0.392. The number of carbonyl (C=O) groups excluding carboxylic acids is 1. The van der Waals surface area contributed by atoms with Gasteiger partial charge in [0.25, 0.3) is 0 Å². The van der Waals surface area contributed by atoms with E-state index >= 15 is 0 Å². The molecule has 0 aliphatic rings. The van der Waals surface area contributed by atoms with Crippen molar-refractivity contribution < 1.29 is 9.53 Å². The Kier molecular flexibility index (Phi) is 4.72. The van der Waals surface area contributed by atoms with E-state index in [1.807, 2.05) is 46.1 Å². The fourth-order valence-corrected chi connectivity index (χ4v) is 2.71. The van der Waals surface area contributed by atoms with Gasteiger partial charge in [0.1, 0.15) is 19.6 Å². The van der Waals surface area contributed by atoms with Crippen LogP contribution in [0.15, 0.2) is 24.3 Å². The van der Waals surface area contributed by atoms with Gasteiger partial charge in [-0.3, -0.25) is 0 Å². The van der Waals surface area contributed by atoms with Gasteiger partial charge in [0.2, 0.25) is 0 Å². The highest BCUT2D eigenvalue weighted by Crippen LogP contribution is 2.32. The normalized spacial score (nSPS) is 10.3. The Balaban J connectivity index is 2.77. The van der Waals surface area contributed by atoms with Gasteiger partial charge in [-0.2, -0.15) is 5.26 Å². The van der Waals surface area contributed by atoms with E-state index in [9.17, 15) is 10.1 Å². The van der Waals surface area contributed by atoms with Gasteiger partial charge in [-0.1, -0.05) is 36.7 Å². The highest BCUT2D eigenvalue weighted by molar-refractivity contribution is 6.32. The van der Waals surface area contributed by atoms with E-state index in [0.717, 1.165) is 16.7 Å². The van der Waals surface area contributed by atoms with Crippen LogP contribution in [0, 0.1) is 11.3 Å². The SMILES string of the molecule is Bc1ccc(-c2c(C#N)c(CC)n(C)c2C(=O)OCC)cc1. The molecule has 2 aromatic rings. The second-order valence-corrected chi connectivity index (χ2v) is 5.16. The van der Waals surface area contributed by atoms with Gasteiger partial charge in [0.15, 0.2) is 0 Å². The number of nitrogens with zero attached hydrogens (tertiary/aromatic N) is 2. The van der Waals surface area contributed by atoms with Crippen molar-refractivity contribution in [3.8, 4) is 17.2 Å². The molecule has 5 heteroatoms. The number of aromatic nitrogens is 1. The molecule has 1 aromatic heterocycles. The number of hydrogen-bond donors (Lipinski definition) is 0. The zero-order valence-corrected chi connectivity index (χ0v) is 13.4. The molecule has 22 heavy (non-hydrogen) atoms. The molecule has 0 aliphatic heterocycles. The van der Waals surface area contributed by atoms with Gasteiger partial charge in [-0.25, -0.2) is 4.79 Å². The Labute approximate surface area is 131 Å². The molecule has 2 rings (SSSR count). The van der Waals surface area contributed by atoms with Gasteiger partial charge in [-0.05, 0) is 18.9 Å². The second-order valence-electron chi connectivity index (χ2n) is 5.16. The van der Waals surface area contributed by atoms with Crippen LogP contribution in [0.5, 0.6) is 0 Å². The van der Waals surface area contributed by atoms with E-state index in [0.29, 0.717) is 29.8 Å². The average molecular weight is 294 g/mol. The number of benzene rings is 1. The number of rotatable bonds is 4. The van der Waals surface area contributed by atoms with Gasteiger partial charge in [0.05, 0.1) is 12.2 Å². The smallest absolute Gasteiger partial charge is 0.355 e. The number of carbonyl (C=O) groups is 1. The molecule has 0 unspecified atom stereocenters. The van der Waals surface area contributed by atoms with E-state index < -0.39 is 5.97 Å². The number of nitriles is 1. The van der Waals surface area contributed by atoms with Crippen molar-refractivity contribution in [1.82, 2.24) is 4.57 Å². The maximum absolute atomic E-state index is 12.4. The number of ether oxygens (including phenoxy) is 1. The van der Waals surface area contributed by atoms with Crippen LogP contribution < -0.4 is 5.46 Å². The van der Waals surface area contributed by atoms with Crippen LogP contribution in [0.1, 0.15) is 35.6 Å². The van der Waals surface area contributed by atoms with E-state index in [1.54, 1.807) is 11.5 Å². The summed E-state index contributed by atoms with van der Waals surface area (Å²) in [6.07, 6.45) is 0.678. The second kappa shape index (κ2) is 6.53. The third-order valence-electron chi connectivity index (χ3n) is 3.77. The Hall–Kier alpha value is -2.48. The standard InChI is InChI=1S/C17H19BN2O2/c1-4-14-13(10-19)15(11-6-8-12(18)9-7-11)16(20(14)3)17(21)22-5-2/h6-9H,4-5,18H2,1-3H3. The number of esters is 1. The first-order valence-electron chi connectivity index (χ1n) is 7.40. The number of hydrogen-bond acceptors (Lipinski definition) is 3. The van der Waals surface area contributed by atoms with Crippen LogP contribution in [-0.4, -0.2) is 25.0 Å². The molecule has 1 aromatic carbocycles. The molecule has 4 nitrogen and oxygen atoms in total. The van der Waals surface area contributed by atoms with Crippen molar-refractivity contribution >= 4 is 19.3 Å². The van der Waals surface area contributed by atoms with Gasteiger partial charge < -0.3 is 9.30 Å². The Morgan fingerprint density at radius 3 is 2.45 bits per heavy atom. The molecule has 0 saturated heterocycles. The van der Waals surface area contributed by atoms with Crippen LogP contribution in [0.25, 0.3) is 11.1 Å². The van der Waals surface area contributed by atoms with Crippen molar-refractivity contribution in [2.75, 3.05) is 6.61 Å². The molecule has 112 valence electrons. The van der Waals surface area contributed by atoms with Crippen LogP contribution in [0.3, 0.4) is 0 Å². The maximum Gasteiger partial charge on any atom is 0.355 e. The van der Waals surface area contributed by atoms with Crippen molar-refractivity contribution in [3.05, 3.63) is 41.2 Å². The van der Waals surface area contributed by atoms with Crippen molar-refractivity contribution in [1.29, 1.82) is 5.26 Å². The fraction of sp³-hybridized carbons (Fsp3) is 0.294. The van der Waals surface area contributed by atoms with E-state index in [-0.39, 0.29) is 0 Å². The largest absolute Gasteiger partial charge is 0.461 e. The lowest BCUT2D eigenvalue weighted by Gasteiger charge is -2.08. The third kappa shape index (κ3) is 2.65. The molecule has 0 bridgehead atoms. The summed E-state index contributed by atoms with van der Waals surface area (Å²) >= 11 is 0. The molecular formula is C17H19BN2O2. The molecule has 0 saturated carbocycles. The van der Waals surface area contributed by atoms with Gasteiger partial charge >= 0.3 is 5.97 Å². The summed E-state index contributed by atoms with van der Waals surface area (Å²) in [6.45, 7) is 4.06. The first-order chi connectivity index (χ1) is 10.5. The first-order valence-corrected chi connectivity index (χ1v) is 7.40. The van der Waals surface area contributed by atoms with Crippen LogP contribution in [0.4, 0.5) is 0 Å². The average Bonchev–Trinajstić information content (AvgIpc) is 2.80. The summed E-state index contributed by atoms with van der Waals surface area (Å²) in [5.41, 5.74) is 4.50. The summed E-state index contributed by atoms with van der Waals surface area (Å²) in [6, 6.07) is 10.1. The lowest BCUT2D eigenvalue weighted by atomic mass is 9.92. The van der Waals surface area contributed by atoms with Crippen molar-refractivity contribution in [2.24, 2.45) is 7.05 Å². The Morgan fingerprint density at radius 2 is 1.95 bits per heavy atom. The molecule has 1 heterocycles. The maximum atomic E-state index is 12.4. The first kappa shape index (κ1) is 15.9. The van der Waals surface area contributed by atoms with Gasteiger partial charge in [0, 0.05) is 18.3 Å². The van der Waals surface area contributed by atoms with E-state index in [2.05, 4.69) is 6.07 Å². The summed E-state index contributed by atoms with van der Waals surface area (Å²) in [5.74, 6) is -0.392. The van der Waals surface area contributed by atoms with Gasteiger partial charge in [-0.15, -0.1) is 0 Å². The predicted octanol–water partition coefficient (Wildman–Crippen LogP) is 1.56. The summed E-state index contributed by atoms with van der Waals surface area (Å²) in [4.78, 5) is 12.4. The Morgan fingerprint density at radius 1 is 1.32 bits per heavy atom. The molecule has 0 amide bonds. The minimum Gasteiger partial charge on any atom is -0.461 e. The van der Waals surface area contributed by atoms with Crippen LogP contribution >= 0.6 is 0 Å². The Bertz CT molecular complexity index is 739. The molecule has 0 spiro atoms. The molecule has 0 aliphatic carbocycles. The lowest BCUT2D eigenvalue weighted by Crippen LogP contribution is -2.12. The third-order valence-corrected chi connectivity index (χ3v) is 3.77. The summed E-state index contributed by atoms with van der Waals surface area (Å²) in [5, 5.41) is 9.58. The van der Waals surface area contributed by atoms with Crippen molar-refractivity contribution in [2.45, 2.75) is 20.3 Å². The zero-order valence-electron chi connectivity index (χ0n) is 13.4. The molecule has 0 atom stereocenters. The van der Waals surface area contributed by atoms with Crippen LogP contribution in [-0.2, 0) is 18.2 Å². The van der Waals surface area contributed by atoms with Crippen molar-refractivity contribution in [3.63, 3.8) is 0 Å². The van der Waals surface area contributed by atoms with Crippen LogP contribution in [0.2, 0.25) is 0 Å².